The van der Waals surface area contributed by atoms with Crippen molar-refractivity contribution in [3.05, 3.63) is 0 Å². The maximum absolute atomic E-state index is 7.00. The molecule has 23 valence electrons. The van der Waals surface area contributed by atoms with Crippen molar-refractivity contribution in [1.82, 2.24) is 0 Å². The van der Waals surface area contributed by atoms with E-state index in [-0.39, 0.29) is 73.1 Å². The molecule has 0 aliphatic heterocycles. The molecular weight excluding hydrogens is 221 g/mol. The molecule has 0 saturated heterocycles. The van der Waals surface area contributed by atoms with Gasteiger partial charge in [-0.15, -0.1) is 0 Å². The monoisotopic (exact) mass is 223 g/mol. The predicted octanol–water partition coefficient (Wildman–Crippen LogP) is -1.50. The minimum Gasteiger partial charge on any atom is -0.429 e. The number of hydrogen-bond donors (Lipinski definition) is 2. The van der Waals surface area contributed by atoms with E-state index in [4.69, 9.17) is 10.0 Å². The van der Waals surface area contributed by atoms with Crippen LogP contribution in [0, 0.1) is 0 Å². The second-order valence-corrected chi connectivity index (χ2v) is 0.115. The van der Waals surface area contributed by atoms with Crippen LogP contribution >= 0.6 is 0 Å². The summed E-state index contributed by atoms with van der Waals surface area (Å²) >= 11 is 0. The Morgan fingerprint density at radius 1 is 1.00 bits per heavy atom. The molecule has 3 radical (unpaired) electrons. The first-order valence-corrected chi connectivity index (χ1v) is 0.516. The molecule has 0 aromatic heterocycles. The van der Waals surface area contributed by atoms with Gasteiger partial charge >= 0.3 is 7.69 Å². The summed E-state index contributed by atoms with van der Waals surface area (Å²) < 4.78 is 0. The quantitative estimate of drug-likeness (QED) is 0.490. The van der Waals surface area contributed by atoms with Crippen molar-refractivity contribution in [1.29, 1.82) is 0 Å². The Bertz CT molecular complexity index is 7.61. The second kappa shape index (κ2) is 16.4. The molecule has 0 aliphatic rings. The van der Waals surface area contributed by atoms with Gasteiger partial charge in [-0.25, -0.2) is 0 Å². The van der Waals surface area contributed by atoms with Crippen LogP contribution in [0.5, 0.6) is 0 Å². The summed E-state index contributed by atoms with van der Waals surface area (Å²) in [6.45, 7) is 0. The van der Waals surface area contributed by atoms with Crippen LogP contribution < -0.4 is 0 Å². The third-order valence-corrected chi connectivity index (χ3v) is 0. The summed E-state index contributed by atoms with van der Waals surface area (Å²) in [5.41, 5.74) is 0. The van der Waals surface area contributed by atoms with Crippen molar-refractivity contribution in [2.45, 2.75) is 0 Å². The Morgan fingerprint density at radius 2 is 1.00 bits per heavy atom. The Balaban J connectivity index is -0.0000000200. The molecule has 0 heterocycles. The van der Waals surface area contributed by atoms with Crippen LogP contribution in [0.3, 0.4) is 0 Å². The molecule has 0 aliphatic carbocycles. The maximum Gasteiger partial charge on any atom is 0.482 e. The van der Waals surface area contributed by atoms with Crippen molar-refractivity contribution in [3.8, 4) is 0 Å². The summed E-state index contributed by atoms with van der Waals surface area (Å²) in [6, 6.07) is 0. The fraction of sp³-hybridized carbons (Fsp3) is 0. The SMILES string of the molecule is O[B]O.[Y].[Y]. The van der Waals surface area contributed by atoms with E-state index < -0.39 is 0 Å². The van der Waals surface area contributed by atoms with Gasteiger partial charge in [0.05, 0.1) is 0 Å². The Labute approximate surface area is 81.8 Å². The molecule has 5 heavy (non-hydrogen) atoms. The maximum atomic E-state index is 7.00. The average Bonchev–Trinajstić information content (AvgIpc) is 0.918. The molecule has 0 bridgehead atoms. The van der Waals surface area contributed by atoms with E-state index in [0.717, 1.165) is 0 Å². The van der Waals surface area contributed by atoms with Crippen LogP contribution in [0.2, 0.25) is 0 Å². The topological polar surface area (TPSA) is 40.5 Å². The van der Waals surface area contributed by atoms with Crippen molar-refractivity contribution < 1.29 is 75.5 Å². The number of hydrogen-bond acceptors (Lipinski definition) is 2. The molecule has 0 unspecified atom stereocenters. The fourth-order valence-electron chi connectivity index (χ4n) is 0. The smallest absolute Gasteiger partial charge is 0.429 e. The van der Waals surface area contributed by atoms with Gasteiger partial charge in [-0.2, -0.15) is 0 Å². The van der Waals surface area contributed by atoms with Gasteiger partial charge < -0.3 is 10.0 Å². The Hall–Kier alpha value is 2.19. The molecule has 0 saturated carbocycles. The van der Waals surface area contributed by atoms with E-state index in [9.17, 15) is 0 Å². The molecule has 2 nitrogen and oxygen atoms in total. The third kappa shape index (κ3) is 22.6. The molecule has 0 rings (SSSR count). The normalized spacial score (nSPS) is 2.80. The molecule has 0 fully saturated rings. The fourth-order valence-corrected chi connectivity index (χ4v) is 0. The van der Waals surface area contributed by atoms with Crippen molar-refractivity contribution in [2.75, 3.05) is 0 Å². The van der Waals surface area contributed by atoms with Gasteiger partial charge in [0.25, 0.3) is 0 Å². The van der Waals surface area contributed by atoms with Gasteiger partial charge in [0.15, 0.2) is 0 Å². The van der Waals surface area contributed by atoms with Crippen molar-refractivity contribution in [3.63, 3.8) is 0 Å². The molecule has 0 aromatic rings. The van der Waals surface area contributed by atoms with Crippen molar-refractivity contribution >= 4 is 7.69 Å². The first-order valence-electron chi connectivity index (χ1n) is 0.516. The van der Waals surface area contributed by atoms with Gasteiger partial charge in [-0.05, 0) is 0 Å². The summed E-state index contributed by atoms with van der Waals surface area (Å²) in [4.78, 5) is 0. The summed E-state index contributed by atoms with van der Waals surface area (Å²) in [5.74, 6) is 0. The Morgan fingerprint density at radius 3 is 1.00 bits per heavy atom. The molecule has 2 N–H and O–H groups in total. The summed E-state index contributed by atoms with van der Waals surface area (Å²) in [6.07, 6.45) is 0. The van der Waals surface area contributed by atoms with Gasteiger partial charge in [-0.1, -0.05) is 0 Å². The van der Waals surface area contributed by atoms with Crippen LogP contribution in [0.25, 0.3) is 0 Å². The first-order chi connectivity index (χ1) is 1.41. The summed E-state index contributed by atoms with van der Waals surface area (Å²) in [7, 11) is 0. The van der Waals surface area contributed by atoms with E-state index in [0.29, 0.717) is 0 Å². The largest absolute Gasteiger partial charge is 0.482 e. The molecule has 0 aromatic carbocycles. The van der Waals surface area contributed by atoms with Crippen LogP contribution in [0.1, 0.15) is 0 Å². The zero-order valence-electron chi connectivity index (χ0n) is 2.63. The van der Waals surface area contributed by atoms with Gasteiger partial charge in [0.2, 0.25) is 0 Å². The molecule has 0 spiro atoms. The predicted molar refractivity (Wildman–Crippen MR) is 10.2 cm³/mol. The second-order valence-electron chi connectivity index (χ2n) is 0.115. The molecule has 0 atom stereocenters. The van der Waals surface area contributed by atoms with Crippen LogP contribution in [-0.4, -0.2) is 17.7 Å². The van der Waals surface area contributed by atoms with Gasteiger partial charge in [0, 0.05) is 65.4 Å². The van der Waals surface area contributed by atoms with Crippen LogP contribution in [-0.2, 0) is 65.4 Å². The van der Waals surface area contributed by atoms with Crippen LogP contribution in [0.15, 0.2) is 0 Å². The standard InChI is InChI=1S/BH2O2.2Y/c2-1-3;;/h2-3H;;. The molecule has 5 heteroatoms. The Kier molecular flexibility index (Phi) is 51.4. The molecule has 0 amide bonds. The molecular formula is H2BO2Y2. The zero-order valence-corrected chi connectivity index (χ0v) is 8.30. The zero-order chi connectivity index (χ0) is 2.71. The van der Waals surface area contributed by atoms with Crippen molar-refractivity contribution in [2.24, 2.45) is 0 Å². The minimum atomic E-state index is 0. The minimum absolute atomic E-state index is 0. The van der Waals surface area contributed by atoms with Gasteiger partial charge in [-0.3, -0.25) is 0 Å². The van der Waals surface area contributed by atoms with E-state index in [1.54, 1.807) is 0 Å². The van der Waals surface area contributed by atoms with E-state index in [1.165, 1.54) is 0 Å². The third-order valence-electron chi connectivity index (χ3n) is 0. The number of rotatable bonds is 0. The average molecular weight is 223 g/mol. The van der Waals surface area contributed by atoms with E-state index in [2.05, 4.69) is 0 Å². The summed E-state index contributed by atoms with van der Waals surface area (Å²) in [5, 5.41) is 14.0. The van der Waals surface area contributed by atoms with E-state index >= 15 is 0 Å². The van der Waals surface area contributed by atoms with Crippen LogP contribution in [0.4, 0.5) is 0 Å². The van der Waals surface area contributed by atoms with E-state index in [1.807, 2.05) is 0 Å². The van der Waals surface area contributed by atoms with Gasteiger partial charge in [0.1, 0.15) is 0 Å². The first kappa shape index (κ1) is 15.7.